The summed E-state index contributed by atoms with van der Waals surface area (Å²) < 4.78 is 23.8. The van der Waals surface area contributed by atoms with Crippen molar-refractivity contribution in [2.24, 2.45) is 0 Å². The summed E-state index contributed by atoms with van der Waals surface area (Å²) in [5, 5.41) is 0.966. The zero-order valence-electron chi connectivity index (χ0n) is 10.9. The van der Waals surface area contributed by atoms with E-state index in [9.17, 15) is 9.18 Å². The number of hydrogen-bond acceptors (Lipinski definition) is 3. The molecule has 0 spiro atoms. The molecule has 19 heavy (non-hydrogen) atoms. The average molecular weight is 262 g/mol. The maximum atomic E-state index is 13.6. The molecule has 0 aliphatic rings. The van der Waals surface area contributed by atoms with E-state index in [2.05, 4.69) is 0 Å². The van der Waals surface area contributed by atoms with E-state index in [-0.39, 0.29) is 11.9 Å². The molecule has 0 radical (unpaired) electrons. The van der Waals surface area contributed by atoms with Crippen LogP contribution in [0.3, 0.4) is 0 Å². The van der Waals surface area contributed by atoms with Gasteiger partial charge in [0.1, 0.15) is 11.9 Å². The van der Waals surface area contributed by atoms with Crippen LogP contribution in [0.25, 0.3) is 10.8 Å². The number of methoxy groups -OCH3 is 1. The molecule has 4 heteroatoms. The van der Waals surface area contributed by atoms with E-state index in [0.717, 1.165) is 0 Å². The van der Waals surface area contributed by atoms with Crippen molar-refractivity contribution in [2.75, 3.05) is 13.7 Å². The zero-order valence-corrected chi connectivity index (χ0v) is 10.9. The topological polar surface area (TPSA) is 35.5 Å². The minimum Gasteiger partial charge on any atom is -0.457 e. The Balaban J connectivity index is 2.35. The Morgan fingerprint density at radius 1 is 1.21 bits per heavy atom. The second-order valence-electron chi connectivity index (χ2n) is 4.31. The summed E-state index contributed by atoms with van der Waals surface area (Å²) in [7, 11) is 1.54. The minimum absolute atomic E-state index is 0.324. The smallest absolute Gasteiger partial charge is 0.339 e. The average Bonchev–Trinajstić information content (AvgIpc) is 2.39. The van der Waals surface area contributed by atoms with Crippen molar-refractivity contribution in [1.29, 1.82) is 0 Å². The van der Waals surface area contributed by atoms with Crippen LogP contribution in [0.5, 0.6) is 0 Å². The summed E-state index contributed by atoms with van der Waals surface area (Å²) in [4.78, 5) is 12.1. The lowest BCUT2D eigenvalue weighted by molar-refractivity contribution is 0.0122. The number of ether oxygens (including phenoxy) is 2. The molecule has 0 fully saturated rings. The number of fused-ring (bicyclic) bond motifs is 1. The molecule has 0 aliphatic carbocycles. The zero-order chi connectivity index (χ0) is 13.8. The van der Waals surface area contributed by atoms with Crippen molar-refractivity contribution in [1.82, 2.24) is 0 Å². The fraction of sp³-hybridized carbons (Fsp3) is 0.267. The van der Waals surface area contributed by atoms with Crippen molar-refractivity contribution < 1.29 is 18.7 Å². The Hall–Kier alpha value is -1.94. The highest BCUT2D eigenvalue weighted by atomic mass is 19.1. The van der Waals surface area contributed by atoms with Gasteiger partial charge in [-0.15, -0.1) is 0 Å². The summed E-state index contributed by atoms with van der Waals surface area (Å²) >= 11 is 0. The molecule has 3 nitrogen and oxygen atoms in total. The summed E-state index contributed by atoms with van der Waals surface area (Å²) in [6, 6.07) is 9.56. The van der Waals surface area contributed by atoms with Gasteiger partial charge in [0.2, 0.25) is 0 Å². The van der Waals surface area contributed by atoms with Crippen LogP contribution in [0.15, 0.2) is 36.4 Å². The van der Waals surface area contributed by atoms with E-state index in [1.807, 2.05) is 0 Å². The number of benzene rings is 2. The summed E-state index contributed by atoms with van der Waals surface area (Å²) in [5.74, 6) is -0.821. The molecular formula is C15H15FO3. The Kier molecular flexibility index (Phi) is 4.12. The maximum Gasteiger partial charge on any atom is 0.339 e. The van der Waals surface area contributed by atoms with Gasteiger partial charge in [-0.3, -0.25) is 0 Å². The summed E-state index contributed by atoms with van der Waals surface area (Å²) in [6.45, 7) is 2.07. The van der Waals surface area contributed by atoms with Crippen LogP contribution in [0, 0.1) is 5.82 Å². The van der Waals surface area contributed by atoms with Crippen molar-refractivity contribution in [2.45, 2.75) is 13.0 Å². The standard InChI is InChI=1S/C15H15FO3/c1-10(9-18-2)19-15(17)13-7-8-14(16)12-6-4-3-5-11(12)13/h3-8,10H,9H2,1-2H3. The van der Waals surface area contributed by atoms with Crippen molar-refractivity contribution >= 4 is 16.7 Å². The highest BCUT2D eigenvalue weighted by molar-refractivity contribution is 6.04. The lowest BCUT2D eigenvalue weighted by Crippen LogP contribution is -2.19. The normalized spacial score (nSPS) is 12.4. The highest BCUT2D eigenvalue weighted by Crippen LogP contribution is 2.22. The molecule has 2 aromatic rings. The molecule has 0 saturated heterocycles. The third-order valence-electron chi connectivity index (χ3n) is 2.80. The molecule has 2 aromatic carbocycles. The minimum atomic E-state index is -0.472. The fourth-order valence-corrected chi connectivity index (χ4v) is 1.96. The molecular weight excluding hydrogens is 247 g/mol. The van der Waals surface area contributed by atoms with Gasteiger partial charge < -0.3 is 9.47 Å². The molecule has 0 bridgehead atoms. The van der Waals surface area contributed by atoms with Crippen molar-refractivity contribution in [3.8, 4) is 0 Å². The lowest BCUT2D eigenvalue weighted by Gasteiger charge is -2.13. The van der Waals surface area contributed by atoms with Gasteiger partial charge in [-0.1, -0.05) is 24.3 Å². The van der Waals surface area contributed by atoms with Gasteiger partial charge >= 0.3 is 5.97 Å². The van der Waals surface area contributed by atoms with Crippen LogP contribution >= 0.6 is 0 Å². The first-order valence-electron chi connectivity index (χ1n) is 6.00. The molecule has 1 atom stereocenters. The van der Waals surface area contributed by atoms with E-state index in [4.69, 9.17) is 9.47 Å². The number of carbonyl (C=O) groups excluding carboxylic acids is 1. The first-order valence-corrected chi connectivity index (χ1v) is 6.00. The van der Waals surface area contributed by atoms with Gasteiger partial charge in [-0.05, 0) is 24.4 Å². The molecule has 0 aliphatic heterocycles. The van der Waals surface area contributed by atoms with Crippen LogP contribution in [-0.4, -0.2) is 25.8 Å². The van der Waals surface area contributed by atoms with Crippen LogP contribution in [0.4, 0.5) is 4.39 Å². The second-order valence-corrected chi connectivity index (χ2v) is 4.31. The van der Waals surface area contributed by atoms with Crippen molar-refractivity contribution in [3.63, 3.8) is 0 Å². The maximum absolute atomic E-state index is 13.6. The van der Waals surface area contributed by atoms with E-state index in [0.29, 0.717) is 22.9 Å². The first kappa shape index (κ1) is 13.5. The quantitative estimate of drug-likeness (QED) is 0.794. The van der Waals surface area contributed by atoms with E-state index < -0.39 is 5.97 Å². The molecule has 0 aromatic heterocycles. The monoisotopic (exact) mass is 262 g/mol. The predicted molar refractivity (Wildman–Crippen MR) is 70.7 cm³/mol. The molecule has 0 N–H and O–H groups in total. The van der Waals surface area contributed by atoms with Crippen LogP contribution in [0.1, 0.15) is 17.3 Å². The Bertz CT molecular complexity index is 595. The van der Waals surface area contributed by atoms with Crippen LogP contribution in [0.2, 0.25) is 0 Å². The van der Waals surface area contributed by atoms with Gasteiger partial charge in [0.05, 0.1) is 12.2 Å². The second kappa shape index (κ2) is 5.80. The Labute approximate surface area is 110 Å². The molecule has 0 saturated carbocycles. The van der Waals surface area contributed by atoms with E-state index in [1.165, 1.54) is 19.2 Å². The highest BCUT2D eigenvalue weighted by Gasteiger charge is 2.16. The predicted octanol–water partition coefficient (Wildman–Crippen LogP) is 3.17. The van der Waals surface area contributed by atoms with E-state index in [1.54, 1.807) is 31.2 Å². The number of hydrogen-bond donors (Lipinski definition) is 0. The van der Waals surface area contributed by atoms with Crippen LogP contribution < -0.4 is 0 Å². The molecule has 2 rings (SSSR count). The SMILES string of the molecule is COCC(C)OC(=O)c1ccc(F)c2ccccc12. The molecule has 0 heterocycles. The fourth-order valence-electron chi connectivity index (χ4n) is 1.96. The lowest BCUT2D eigenvalue weighted by atomic mass is 10.0. The van der Waals surface area contributed by atoms with Crippen LogP contribution in [-0.2, 0) is 9.47 Å². The Morgan fingerprint density at radius 2 is 1.89 bits per heavy atom. The number of esters is 1. The van der Waals surface area contributed by atoms with Gasteiger partial charge in [-0.25, -0.2) is 9.18 Å². The number of carbonyl (C=O) groups is 1. The number of halogens is 1. The Morgan fingerprint density at radius 3 is 2.58 bits per heavy atom. The first-order chi connectivity index (χ1) is 9.13. The molecule has 100 valence electrons. The number of rotatable bonds is 4. The summed E-state index contributed by atoms with van der Waals surface area (Å²) in [5.41, 5.74) is 0.361. The van der Waals surface area contributed by atoms with Gasteiger partial charge in [0.15, 0.2) is 0 Å². The third kappa shape index (κ3) is 2.90. The largest absolute Gasteiger partial charge is 0.457 e. The molecule has 0 amide bonds. The summed E-state index contributed by atoms with van der Waals surface area (Å²) in [6.07, 6.45) is -0.346. The van der Waals surface area contributed by atoms with Gasteiger partial charge in [0.25, 0.3) is 0 Å². The molecule has 1 unspecified atom stereocenters. The van der Waals surface area contributed by atoms with E-state index >= 15 is 0 Å². The van der Waals surface area contributed by atoms with Crippen molar-refractivity contribution in [3.05, 3.63) is 47.8 Å². The third-order valence-corrected chi connectivity index (χ3v) is 2.80. The van der Waals surface area contributed by atoms with Gasteiger partial charge in [0, 0.05) is 12.5 Å². The van der Waals surface area contributed by atoms with Gasteiger partial charge in [-0.2, -0.15) is 0 Å².